The van der Waals surface area contributed by atoms with Crippen molar-refractivity contribution in [2.75, 3.05) is 20.2 Å². The first kappa shape index (κ1) is 16.8. The van der Waals surface area contributed by atoms with E-state index < -0.39 is 11.6 Å². The van der Waals surface area contributed by atoms with Gasteiger partial charge >= 0.3 is 0 Å². The summed E-state index contributed by atoms with van der Waals surface area (Å²) < 4.78 is 5.59. The van der Waals surface area contributed by atoms with Gasteiger partial charge in [0.15, 0.2) is 0 Å². The highest BCUT2D eigenvalue weighted by molar-refractivity contribution is 5.85. The van der Waals surface area contributed by atoms with Gasteiger partial charge in [0.25, 0.3) is 0 Å². The van der Waals surface area contributed by atoms with Crippen LogP contribution in [0.2, 0.25) is 0 Å². The predicted octanol–water partition coefficient (Wildman–Crippen LogP) is 1.46. The van der Waals surface area contributed by atoms with Gasteiger partial charge in [0.05, 0.1) is 5.54 Å². The summed E-state index contributed by atoms with van der Waals surface area (Å²) in [5.41, 5.74) is 6.15. The smallest absolute Gasteiger partial charge is 0.237 e. The Labute approximate surface area is 132 Å². The molecule has 2 rings (SSSR count). The number of aryl methyl sites for hydroxylation is 1. The van der Waals surface area contributed by atoms with Gasteiger partial charge in [0.1, 0.15) is 18.5 Å². The van der Waals surface area contributed by atoms with Crippen LogP contribution in [0.25, 0.3) is 0 Å². The van der Waals surface area contributed by atoms with Crippen molar-refractivity contribution in [1.29, 1.82) is 0 Å². The maximum absolute atomic E-state index is 11.8. The zero-order valence-corrected chi connectivity index (χ0v) is 13.4. The Hall–Kier alpha value is -1.59. The number of nitrogens with zero attached hydrogens (tertiary/aromatic N) is 1. The summed E-state index contributed by atoms with van der Waals surface area (Å²) >= 11 is 0. The molecule has 1 aliphatic carbocycles. The monoisotopic (exact) mass is 306 g/mol. The molecule has 1 saturated carbocycles. The van der Waals surface area contributed by atoms with Crippen molar-refractivity contribution in [2.45, 2.75) is 44.2 Å². The number of carbonyl (C=O) groups is 1. The lowest BCUT2D eigenvalue weighted by Crippen LogP contribution is -2.56. The van der Waals surface area contributed by atoms with E-state index in [0.717, 1.165) is 37.0 Å². The normalized spacial score (nSPS) is 18.4. The van der Waals surface area contributed by atoms with Gasteiger partial charge in [0, 0.05) is 6.54 Å². The number of nitrogens with two attached hydrogens (primary N) is 1. The molecule has 1 aromatic carbocycles. The predicted molar refractivity (Wildman–Crippen MR) is 85.7 cm³/mol. The molecule has 1 unspecified atom stereocenters. The fourth-order valence-corrected chi connectivity index (χ4v) is 3.15. The number of hydrogen-bond donors (Lipinski definition) is 2. The molecule has 1 amide bonds. The van der Waals surface area contributed by atoms with Gasteiger partial charge in [-0.1, -0.05) is 30.5 Å². The van der Waals surface area contributed by atoms with Gasteiger partial charge in [-0.3, -0.25) is 9.69 Å². The molecule has 0 aliphatic heterocycles. The number of aliphatic hydroxyl groups excluding tert-OH is 1. The lowest BCUT2D eigenvalue weighted by atomic mass is 9.94. The number of rotatable bonds is 7. The molecule has 1 fully saturated rings. The molecule has 0 spiro atoms. The molecular weight excluding hydrogens is 280 g/mol. The molecule has 1 atom stereocenters. The van der Waals surface area contributed by atoms with Gasteiger partial charge < -0.3 is 15.6 Å². The second kappa shape index (κ2) is 7.11. The van der Waals surface area contributed by atoms with Crippen LogP contribution in [-0.4, -0.2) is 47.8 Å². The Morgan fingerprint density at radius 2 is 1.95 bits per heavy atom. The quantitative estimate of drug-likeness (QED) is 0.800. The van der Waals surface area contributed by atoms with E-state index in [2.05, 4.69) is 0 Å². The third kappa shape index (κ3) is 3.78. The summed E-state index contributed by atoms with van der Waals surface area (Å²) in [5.74, 6) is 0.442. The van der Waals surface area contributed by atoms with Crippen LogP contribution in [-0.2, 0) is 4.79 Å². The summed E-state index contributed by atoms with van der Waals surface area (Å²) in [5, 5.41) is 10.2. The zero-order valence-electron chi connectivity index (χ0n) is 13.4. The third-order valence-corrected chi connectivity index (χ3v) is 4.57. The molecule has 1 aromatic rings. The van der Waals surface area contributed by atoms with Gasteiger partial charge in [-0.05, 0) is 38.9 Å². The first-order valence-electron chi connectivity index (χ1n) is 7.83. The summed E-state index contributed by atoms with van der Waals surface area (Å²) in [6.07, 6.45) is 2.88. The Morgan fingerprint density at radius 3 is 2.50 bits per heavy atom. The van der Waals surface area contributed by atoms with E-state index in [1.54, 1.807) is 0 Å². The van der Waals surface area contributed by atoms with Crippen molar-refractivity contribution in [3.8, 4) is 5.75 Å². The maximum atomic E-state index is 11.8. The molecule has 0 heterocycles. The van der Waals surface area contributed by atoms with E-state index in [1.165, 1.54) is 0 Å². The molecule has 0 bridgehead atoms. The number of carbonyl (C=O) groups excluding carboxylic acids is 1. The summed E-state index contributed by atoms with van der Waals surface area (Å²) in [7, 11) is 1.85. The van der Waals surface area contributed by atoms with E-state index in [1.807, 2.05) is 43.1 Å². The highest BCUT2D eigenvalue weighted by Gasteiger charge is 2.43. The van der Waals surface area contributed by atoms with E-state index in [-0.39, 0.29) is 12.5 Å². The van der Waals surface area contributed by atoms with Crippen molar-refractivity contribution < 1.29 is 14.6 Å². The van der Waals surface area contributed by atoms with Gasteiger partial charge in [-0.25, -0.2) is 0 Å². The second-order valence-electron chi connectivity index (χ2n) is 6.26. The van der Waals surface area contributed by atoms with E-state index in [0.29, 0.717) is 6.54 Å². The standard InChI is InChI=1S/C17H26N2O3/c1-13-5-7-15(8-6-13)22-12-14(20)11-19(2)17(16(18)21)9-3-4-10-17/h5-8,14,20H,3-4,9-12H2,1-2H3,(H2,18,21). The number of likely N-dealkylation sites (N-methyl/N-ethyl adjacent to an activating group) is 1. The molecule has 3 N–H and O–H groups in total. The average molecular weight is 306 g/mol. The molecule has 5 nitrogen and oxygen atoms in total. The lowest BCUT2D eigenvalue weighted by molar-refractivity contribution is -0.130. The number of β-amino-alcohol motifs (C(OH)–C–C–N with tert-alkyl or cyclic N) is 1. The van der Waals surface area contributed by atoms with Gasteiger partial charge in [0.2, 0.25) is 5.91 Å². The van der Waals surface area contributed by atoms with Gasteiger partial charge in [-0.2, -0.15) is 0 Å². The van der Waals surface area contributed by atoms with E-state index >= 15 is 0 Å². The minimum absolute atomic E-state index is 0.197. The van der Waals surface area contributed by atoms with Crippen LogP contribution in [0.5, 0.6) is 5.75 Å². The number of ether oxygens (including phenoxy) is 1. The van der Waals surface area contributed by atoms with Crippen LogP contribution >= 0.6 is 0 Å². The summed E-state index contributed by atoms with van der Waals surface area (Å²) in [4.78, 5) is 13.7. The number of benzene rings is 1. The Balaban J connectivity index is 1.86. The Bertz CT molecular complexity index is 495. The molecule has 5 heteroatoms. The van der Waals surface area contributed by atoms with Crippen LogP contribution in [0.3, 0.4) is 0 Å². The molecule has 0 aromatic heterocycles. The van der Waals surface area contributed by atoms with Crippen molar-refractivity contribution >= 4 is 5.91 Å². The van der Waals surface area contributed by atoms with E-state index in [9.17, 15) is 9.90 Å². The van der Waals surface area contributed by atoms with Crippen LogP contribution in [0.1, 0.15) is 31.2 Å². The van der Waals surface area contributed by atoms with Crippen LogP contribution in [0, 0.1) is 6.92 Å². The average Bonchev–Trinajstić information content (AvgIpc) is 2.97. The first-order chi connectivity index (χ1) is 10.4. The van der Waals surface area contributed by atoms with E-state index in [4.69, 9.17) is 10.5 Å². The second-order valence-corrected chi connectivity index (χ2v) is 6.26. The van der Waals surface area contributed by atoms with Crippen LogP contribution < -0.4 is 10.5 Å². The summed E-state index contributed by atoms with van der Waals surface area (Å²) in [6, 6.07) is 7.70. The molecule has 0 saturated heterocycles. The lowest BCUT2D eigenvalue weighted by Gasteiger charge is -2.37. The van der Waals surface area contributed by atoms with Crippen molar-refractivity contribution in [2.24, 2.45) is 5.73 Å². The molecule has 1 aliphatic rings. The van der Waals surface area contributed by atoms with Crippen LogP contribution in [0.4, 0.5) is 0 Å². The Morgan fingerprint density at radius 1 is 1.36 bits per heavy atom. The maximum Gasteiger partial charge on any atom is 0.237 e. The fraction of sp³-hybridized carbons (Fsp3) is 0.588. The highest BCUT2D eigenvalue weighted by Crippen LogP contribution is 2.34. The minimum atomic E-state index is -0.664. The number of hydrogen-bond acceptors (Lipinski definition) is 4. The molecular formula is C17H26N2O3. The molecule has 122 valence electrons. The fourth-order valence-electron chi connectivity index (χ4n) is 3.15. The molecule has 0 radical (unpaired) electrons. The van der Waals surface area contributed by atoms with Crippen molar-refractivity contribution in [1.82, 2.24) is 4.90 Å². The SMILES string of the molecule is Cc1ccc(OCC(O)CN(C)C2(C(N)=O)CCCC2)cc1. The summed E-state index contributed by atoms with van der Waals surface area (Å²) in [6.45, 7) is 2.58. The largest absolute Gasteiger partial charge is 0.491 e. The number of amides is 1. The topological polar surface area (TPSA) is 75.8 Å². The van der Waals surface area contributed by atoms with Crippen molar-refractivity contribution in [3.05, 3.63) is 29.8 Å². The number of aliphatic hydroxyl groups is 1. The first-order valence-corrected chi connectivity index (χ1v) is 7.83. The number of primary amides is 1. The minimum Gasteiger partial charge on any atom is -0.491 e. The van der Waals surface area contributed by atoms with Crippen LogP contribution in [0.15, 0.2) is 24.3 Å². The van der Waals surface area contributed by atoms with Crippen molar-refractivity contribution in [3.63, 3.8) is 0 Å². The highest BCUT2D eigenvalue weighted by atomic mass is 16.5. The zero-order chi connectivity index (χ0) is 16.2. The Kier molecular flexibility index (Phi) is 5.42. The third-order valence-electron chi connectivity index (χ3n) is 4.57. The van der Waals surface area contributed by atoms with Gasteiger partial charge in [-0.15, -0.1) is 0 Å². The molecule has 22 heavy (non-hydrogen) atoms.